The first kappa shape index (κ1) is 28.2. The van der Waals surface area contributed by atoms with Crippen LogP contribution in [0.3, 0.4) is 0 Å². The van der Waals surface area contributed by atoms with Gasteiger partial charge in [0.15, 0.2) is 0 Å². The van der Waals surface area contributed by atoms with Crippen LogP contribution < -0.4 is 4.74 Å². The van der Waals surface area contributed by atoms with Gasteiger partial charge in [-0.15, -0.1) is 0 Å². The molecule has 1 aliphatic heterocycles. The van der Waals surface area contributed by atoms with Crippen molar-refractivity contribution in [2.24, 2.45) is 0 Å². The number of hydrogen-bond donors (Lipinski definition) is 1. The van der Waals surface area contributed by atoms with E-state index < -0.39 is 5.97 Å². The number of aromatic nitrogens is 3. The van der Waals surface area contributed by atoms with Crippen molar-refractivity contribution in [3.63, 3.8) is 0 Å². The van der Waals surface area contributed by atoms with E-state index in [1.54, 1.807) is 25.6 Å². The molecule has 0 bridgehead atoms. The van der Waals surface area contributed by atoms with Crippen molar-refractivity contribution >= 4 is 39.4 Å². The fraction of sp³-hybridized carbons (Fsp3) is 0.303. The molecule has 0 radical (unpaired) electrons. The monoisotopic (exact) mass is 584 g/mol. The first-order valence-electron chi connectivity index (χ1n) is 14.2. The van der Waals surface area contributed by atoms with Crippen molar-refractivity contribution in [1.82, 2.24) is 19.4 Å². The average Bonchev–Trinajstić information content (AvgIpc) is 3.43. The molecule has 6 rings (SSSR count). The summed E-state index contributed by atoms with van der Waals surface area (Å²) in [6, 6.07) is 21.5. The summed E-state index contributed by atoms with van der Waals surface area (Å²) < 4.78 is 13.3. The standard InChI is InChI=1S/C33H33ClN4O4/c1-41-16-15-38-21-35-32-25(17-24(33(39)40)18-30(32)38)19-37-13-11-22(12-14-37)29-7-4-8-31(36-29)42-20-23-9-10-28(34)27-6-3-2-5-26(23)27/h2-10,17-18,21-22H,11-16,19-20H2,1H3,(H,39,40). The predicted octanol–water partition coefficient (Wildman–Crippen LogP) is 6.54. The summed E-state index contributed by atoms with van der Waals surface area (Å²) in [4.78, 5) is 23.7. The molecular weight excluding hydrogens is 552 g/mol. The van der Waals surface area contributed by atoms with Gasteiger partial charge in [0.1, 0.15) is 6.61 Å². The Hall–Kier alpha value is -3.98. The van der Waals surface area contributed by atoms with Crippen molar-refractivity contribution < 1.29 is 19.4 Å². The van der Waals surface area contributed by atoms with Gasteiger partial charge in [0.05, 0.1) is 29.5 Å². The molecule has 9 heteroatoms. The van der Waals surface area contributed by atoms with Crippen LogP contribution in [0.15, 0.2) is 73.1 Å². The lowest BCUT2D eigenvalue weighted by atomic mass is 9.92. The molecular formula is C33H33ClN4O4. The number of carbonyl (C=O) groups is 1. The van der Waals surface area contributed by atoms with E-state index in [1.165, 1.54) is 0 Å². The molecule has 0 atom stereocenters. The summed E-state index contributed by atoms with van der Waals surface area (Å²) in [6.07, 6.45) is 3.69. The van der Waals surface area contributed by atoms with Crippen molar-refractivity contribution in [1.29, 1.82) is 0 Å². The molecule has 3 heterocycles. The third-order valence-corrected chi connectivity index (χ3v) is 8.40. The van der Waals surface area contributed by atoms with Gasteiger partial charge in [-0.2, -0.15) is 0 Å². The summed E-state index contributed by atoms with van der Waals surface area (Å²) in [7, 11) is 1.65. The smallest absolute Gasteiger partial charge is 0.335 e. The van der Waals surface area contributed by atoms with E-state index in [9.17, 15) is 9.90 Å². The van der Waals surface area contributed by atoms with Gasteiger partial charge in [-0.05, 0) is 66.7 Å². The number of halogens is 1. The zero-order valence-corrected chi connectivity index (χ0v) is 24.3. The van der Waals surface area contributed by atoms with Crippen LogP contribution in [-0.2, 0) is 24.4 Å². The minimum atomic E-state index is -0.936. The summed E-state index contributed by atoms with van der Waals surface area (Å²) in [5.41, 5.74) is 4.99. The maximum Gasteiger partial charge on any atom is 0.335 e. The van der Waals surface area contributed by atoms with Crippen molar-refractivity contribution in [2.75, 3.05) is 26.8 Å². The Morgan fingerprint density at radius 1 is 1.02 bits per heavy atom. The molecule has 5 aromatic rings. The normalized spacial score (nSPS) is 14.5. The van der Waals surface area contributed by atoms with E-state index >= 15 is 0 Å². The number of benzene rings is 3. The van der Waals surface area contributed by atoms with E-state index in [1.807, 2.05) is 47.0 Å². The van der Waals surface area contributed by atoms with Crippen LogP contribution in [0.5, 0.6) is 5.88 Å². The van der Waals surface area contributed by atoms with Gasteiger partial charge in [0.25, 0.3) is 0 Å². The number of likely N-dealkylation sites (tertiary alicyclic amines) is 1. The third kappa shape index (κ3) is 5.97. The first-order valence-corrected chi connectivity index (χ1v) is 14.6. The Kier molecular flexibility index (Phi) is 8.37. The SMILES string of the molecule is COCCn1cnc2c(CN3CCC(c4cccc(OCc5ccc(Cl)c6ccccc56)n4)CC3)cc(C(=O)O)cc21. The van der Waals surface area contributed by atoms with E-state index in [2.05, 4.69) is 22.0 Å². The highest BCUT2D eigenvalue weighted by Gasteiger charge is 2.24. The van der Waals surface area contributed by atoms with Gasteiger partial charge in [0, 0.05) is 48.3 Å². The van der Waals surface area contributed by atoms with E-state index in [0.717, 1.165) is 69.6 Å². The number of ether oxygens (including phenoxy) is 2. The molecule has 1 saturated heterocycles. The topological polar surface area (TPSA) is 89.7 Å². The van der Waals surface area contributed by atoms with E-state index in [0.29, 0.717) is 38.1 Å². The Bertz CT molecular complexity index is 1730. The Morgan fingerprint density at radius 2 is 1.83 bits per heavy atom. The second kappa shape index (κ2) is 12.5. The van der Waals surface area contributed by atoms with Crippen LogP contribution in [0.25, 0.3) is 21.8 Å². The average molecular weight is 585 g/mol. The number of carboxylic acids is 1. The van der Waals surface area contributed by atoms with Crippen LogP contribution in [0.4, 0.5) is 0 Å². The molecule has 216 valence electrons. The quantitative estimate of drug-likeness (QED) is 0.199. The summed E-state index contributed by atoms with van der Waals surface area (Å²) in [5, 5.41) is 12.6. The lowest BCUT2D eigenvalue weighted by molar-refractivity contribution is 0.0696. The number of imidazole rings is 1. The van der Waals surface area contributed by atoms with Crippen LogP contribution >= 0.6 is 11.6 Å². The van der Waals surface area contributed by atoms with Gasteiger partial charge in [-0.3, -0.25) is 4.90 Å². The van der Waals surface area contributed by atoms with E-state index in [4.69, 9.17) is 26.1 Å². The molecule has 0 spiro atoms. The van der Waals surface area contributed by atoms with Gasteiger partial charge in [0.2, 0.25) is 5.88 Å². The molecule has 1 N–H and O–H groups in total. The maximum atomic E-state index is 11.9. The minimum Gasteiger partial charge on any atom is -0.478 e. The lowest BCUT2D eigenvalue weighted by Gasteiger charge is -2.32. The van der Waals surface area contributed by atoms with Crippen molar-refractivity contribution in [3.8, 4) is 5.88 Å². The van der Waals surface area contributed by atoms with Crippen molar-refractivity contribution in [3.05, 3.63) is 100 Å². The Balaban J connectivity index is 1.11. The second-order valence-electron chi connectivity index (χ2n) is 10.7. The van der Waals surface area contributed by atoms with Crippen LogP contribution in [-0.4, -0.2) is 57.3 Å². The fourth-order valence-corrected chi connectivity index (χ4v) is 6.04. The number of methoxy groups -OCH3 is 1. The number of pyridine rings is 1. The highest BCUT2D eigenvalue weighted by molar-refractivity contribution is 6.35. The van der Waals surface area contributed by atoms with Crippen LogP contribution in [0, 0.1) is 0 Å². The second-order valence-corrected chi connectivity index (χ2v) is 11.1. The lowest BCUT2D eigenvalue weighted by Crippen LogP contribution is -2.32. The Morgan fingerprint density at radius 3 is 2.62 bits per heavy atom. The van der Waals surface area contributed by atoms with Gasteiger partial charge in [-0.25, -0.2) is 14.8 Å². The Labute approximate surface area is 249 Å². The molecule has 8 nitrogen and oxygen atoms in total. The molecule has 1 aliphatic rings. The number of fused-ring (bicyclic) bond motifs is 2. The molecule has 3 aromatic carbocycles. The largest absolute Gasteiger partial charge is 0.478 e. The zero-order valence-electron chi connectivity index (χ0n) is 23.5. The molecule has 0 aliphatic carbocycles. The minimum absolute atomic E-state index is 0.277. The third-order valence-electron chi connectivity index (χ3n) is 8.07. The van der Waals surface area contributed by atoms with Gasteiger partial charge >= 0.3 is 5.97 Å². The molecule has 0 saturated carbocycles. The number of nitrogens with zero attached hydrogens (tertiary/aromatic N) is 4. The maximum absolute atomic E-state index is 11.9. The van der Waals surface area contributed by atoms with Crippen molar-refractivity contribution in [2.45, 2.75) is 38.5 Å². The summed E-state index contributed by atoms with van der Waals surface area (Å²) in [5.74, 6) is 0.0134. The number of aromatic carboxylic acids is 1. The molecule has 42 heavy (non-hydrogen) atoms. The molecule has 0 amide bonds. The molecule has 0 unspecified atom stereocenters. The number of carboxylic acid groups (broad SMARTS) is 1. The first-order chi connectivity index (χ1) is 20.5. The van der Waals surface area contributed by atoms with Gasteiger partial charge < -0.3 is 19.1 Å². The van der Waals surface area contributed by atoms with E-state index in [-0.39, 0.29) is 5.56 Å². The molecule has 2 aromatic heterocycles. The number of rotatable bonds is 10. The number of piperidine rings is 1. The summed E-state index contributed by atoms with van der Waals surface area (Å²) >= 11 is 6.38. The summed E-state index contributed by atoms with van der Waals surface area (Å²) in [6.45, 7) is 3.99. The fourth-order valence-electron chi connectivity index (χ4n) is 5.82. The number of hydrogen-bond acceptors (Lipinski definition) is 6. The highest BCUT2D eigenvalue weighted by atomic mass is 35.5. The molecule has 1 fully saturated rings. The van der Waals surface area contributed by atoms with Crippen LogP contribution in [0.1, 0.15) is 45.9 Å². The highest BCUT2D eigenvalue weighted by Crippen LogP contribution is 2.31. The zero-order chi connectivity index (χ0) is 29.1. The van der Waals surface area contributed by atoms with Gasteiger partial charge in [-0.1, -0.05) is 48.0 Å². The van der Waals surface area contributed by atoms with Crippen LogP contribution in [0.2, 0.25) is 5.02 Å². The predicted molar refractivity (Wildman–Crippen MR) is 163 cm³/mol.